The molecule has 23 heavy (non-hydrogen) atoms. The van der Waals surface area contributed by atoms with Crippen LogP contribution < -0.4 is 10.6 Å². The van der Waals surface area contributed by atoms with Crippen LogP contribution in [0.1, 0.15) is 37.6 Å². The van der Waals surface area contributed by atoms with Crippen LogP contribution in [0.3, 0.4) is 0 Å². The molecule has 2 N–H and O–H groups in total. The molecule has 2 fully saturated rings. The highest BCUT2D eigenvalue weighted by atomic mass is 32.1. The van der Waals surface area contributed by atoms with Crippen molar-refractivity contribution in [1.29, 1.82) is 0 Å². The van der Waals surface area contributed by atoms with Gasteiger partial charge in [-0.2, -0.15) is 0 Å². The number of rotatable bonds is 3. The Morgan fingerprint density at radius 2 is 2.22 bits per heavy atom. The molecule has 3 rings (SSSR count). The van der Waals surface area contributed by atoms with Crippen molar-refractivity contribution in [3.63, 3.8) is 0 Å². The Hall–Kier alpha value is -2.03. The van der Waals surface area contributed by atoms with Crippen molar-refractivity contribution >= 4 is 34.3 Å². The zero-order valence-corrected chi connectivity index (χ0v) is 13.9. The van der Waals surface area contributed by atoms with Crippen molar-refractivity contribution in [2.75, 3.05) is 11.9 Å². The summed E-state index contributed by atoms with van der Waals surface area (Å²) in [6, 6.07) is -0.493. The first kappa shape index (κ1) is 15.9. The smallest absolute Gasteiger partial charge is 0.323 e. The molecule has 0 unspecified atom stereocenters. The van der Waals surface area contributed by atoms with Crippen LogP contribution in [0.2, 0.25) is 0 Å². The predicted octanol–water partition coefficient (Wildman–Crippen LogP) is 1.29. The molecule has 2 heterocycles. The third kappa shape index (κ3) is 2.80. The van der Waals surface area contributed by atoms with Crippen LogP contribution in [-0.2, 0) is 9.59 Å². The van der Waals surface area contributed by atoms with Crippen molar-refractivity contribution in [1.82, 2.24) is 20.4 Å². The summed E-state index contributed by atoms with van der Waals surface area (Å²) in [4.78, 5) is 38.0. The number of carbonyl (C=O) groups is 3. The first-order valence-corrected chi connectivity index (χ1v) is 8.48. The molecule has 1 aromatic rings. The van der Waals surface area contributed by atoms with Crippen LogP contribution in [0.5, 0.6) is 0 Å². The molecule has 1 saturated heterocycles. The summed E-state index contributed by atoms with van der Waals surface area (Å²) in [5.74, 6) is -0.671. The maximum atomic E-state index is 12.7. The molecule has 1 spiro atoms. The number of amides is 4. The van der Waals surface area contributed by atoms with Crippen molar-refractivity contribution < 1.29 is 14.4 Å². The van der Waals surface area contributed by atoms with Crippen LogP contribution in [0.25, 0.3) is 0 Å². The average molecular weight is 337 g/mol. The maximum absolute atomic E-state index is 12.7. The molecular weight excluding hydrogens is 318 g/mol. The second-order valence-electron chi connectivity index (χ2n) is 6.11. The lowest BCUT2D eigenvalue weighted by atomic mass is 9.73. The molecular formula is C14H19N5O3S. The molecule has 2 aliphatic rings. The largest absolute Gasteiger partial charge is 0.325 e. The number of hydrogen-bond donors (Lipinski definition) is 2. The van der Waals surface area contributed by atoms with Gasteiger partial charge in [-0.05, 0) is 25.7 Å². The summed E-state index contributed by atoms with van der Waals surface area (Å²) >= 11 is 1.24. The number of urea groups is 1. The highest BCUT2D eigenvalue weighted by molar-refractivity contribution is 7.15. The number of aryl methyl sites for hydroxylation is 1. The van der Waals surface area contributed by atoms with Gasteiger partial charge in [0, 0.05) is 0 Å². The zero-order valence-electron chi connectivity index (χ0n) is 13.1. The number of nitrogens with zero attached hydrogens (tertiary/aromatic N) is 3. The summed E-state index contributed by atoms with van der Waals surface area (Å²) in [6.45, 7) is 3.45. The van der Waals surface area contributed by atoms with Crippen LogP contribution in [-0.4, -0.2) is 45.0 Å². The first-order valence-electron chi connectivity index (χ1n) is 7.66. The van der Waals surface area contributed by atoms with Crippen molar-refractivity contribution in [3.05, 3.63) is 5.01 Å². The number of nitrogens with one attached hydrogen (secondary N) is 2. The zero-order chi connectivity index (χ0) is 16.6. The van der Waals surface area contributed by atoms with Gasteiger partial charge in [0.2, 0.25) is 11.0 Å². The van der Waals surface area contributed by atoms with Crippen LogP contribution >= 0.6 is 11.3 Å². The number of aromatic nitrogens is 2. The normalized spacial score (nSPS) is 27.4. The van der Waals surface area contributed by atoms with E-state index in [4.69, 9.17) is 0 Å². The van der Waals surface area contributed by atoms with Crippen LogP contribution in [0, 0.1) is 12.8 Å². The van der Waals surface area contributed by atoms with Crippen LogP contribution in [0.4, 0.5) is 9.93 Å². The fraction of sp³-hybridized carbons (Fsp3) is 0.643. The molecule has 0 aromatic carbocycles. The van der Waals surface area contributed by atoms with Gasteiger partial charge >= 0.3 is 6.03 Å². The summed E-state index contributed by atoms with van der Waals surface area (Å²) in [5, 5.41) is 14.1. The number of hydrogen-bond acceptors (Lipinski definition) is 6. The van der Waals surface area contributed by atoms with Gasteiger partial charge in [-0.15, -0.1) is 10.2 Å². The van der Waals surface area contributed by atoms with Crippen molar-refractivity contribution in [3.8, 4) is 0 Å². The van der Waals surface area contributed by atoms with E-state index in [9.17, 15) is 14.4 Å². The summed E-state index contributed by atoms with van der Waals surface area (Å²) in [6.07, 6.45) is 3.49. The minimum Gasteiger partial charge on any atom is -0.323 e. The van der Waals surface area contributed by atoms with Crippen molar-refractivity contribution in [2.45, 2.75) is 45.1 Å². The Kier molecular flexibility index (Phi) is 4.05. The molecule has 124 valence electrons. The van der Waals surface area contributed by atoms with Gasteiger partial charge in [-0.1, -0.05) is 31.1 Å². The standard InChI is InChI=1S/C14H19N5O3S/c1-8-5-3-4-6-14(8)11(21)19(13(22)16-14)7-10(20)15-12-18-17-9(2)23-12/h8H,3-7H2,1-2H3,(H,16,22)(H,15,18,20)/t8-,14-/m0/s1. The van der Waals surface area contributed by atoms with Gasteiger partial charge in [0.05, 0.1) is 0 Å². The molecule has 1 aromatic heterocycles. The van der Waals surface area contributed by atoms with Gasteiger partial charge in [0.1, 0.15) is 17.1 Å². The van der Waals surface area contributed by atoms with E-state index in [1.165, 1.54) is 11.3 Å². The van der Waals surface area contributed by atoms with Gasteiger partial charge in [0.25, 0.3) is 5.91 Å². The van der Waals surface area contributed by atoms with E-state index >= 15 is 0 Å². The quantitative estimate of drug-likeness (QED) is 0.809. The highest BCUT2D eigenvalue weighted by Crippen LogP contribution is 2.38. The third-order valence-corrected chi connectivity index (χ3v) is 5.33. The minimum absolute atomic E-state index is 0.0755. The van der Waals surface area contributed by atoms with Crippen LogP contribution in [0.15, 0.2) is 0 Å². The molecule has 9 heteroatoms. The lowest BCUT2D eigenvalue weighted by molar-refractivity contribution is -0.136. The molecule has 1 saturated carbocycles. The average Bonchev–Trinajstić information content (AvgIpc) is 3.00. The lowest BCUT2D eigenvalue weighted by Gasteiger charge is -2.36. The molecule has 0 bridgehead atoms. The van der Waals surface area contributed by atoms with Crippen molar-refractivity contribution in [2.24, 2.45) is 5.92 Å². The summed E-state index contributed by atoms with van der Waals surface area (Å²) in [5.41, 5.74) is -0.838. The van der Waals surface area contributed by atoms with Gasteiger partial charge in [-0.3, -0.25) is 19.8 Å². The van der Waals surface area contributed by atoms with E-state index in [2.05, 4.69) is 20.8 Å². The first-order chi connectivity index (χ1) is 10.9. The second-order valence-corrected chi connectivity index (χ2v) is 7.30. The highest BCUT2D eigenvalue weighted by Gasteiger charge is 2.55. The maximum Gasteiger partial charge on any atom is 0.325 e. The SMILES string of the molecule is Cc1nnc(NC(=O)CN2C(=O)N[C@]3(CCCC[C@@H]3C)C2=O)s1. The Morgan fingerprint density at radius 3 is 2.87 bits per heavy atom. The van der Waals surface area contributed by atoms with Gasteiger partial charge in [-0.25, -0.2) is 4.79 Å². The van der Waals surface area contributed by atoms with E-state index < -0.39 is 17.5 Å². The van der Waals surface area contributed by atoms with E-state index in [-0.39, 0.29) is 18.4 Å². The lowest BCUT2D eigenvalue weighted by Crippen LogP contribution is -2.54. The molecule has 4 amide bonds. The number of carbonyl (C=O) groups excluding carboxylic acids is 3. The Labute approximate surface area is 137 Å². The Balaban J connectivity index is 1.69. The molecule has 1 aliphatic heterocycles. The number of imide groups is 1. The summed E-state index contributed by atoms with van der Waals surface area (Å²) < 4.78 is 0. The molecule has 0 radical (unpaired) electrons. The third-order valence-electron chi connectivity index (χ3n) is 4.58. The van der Waals surface area contributed by atoms with E-state index in [0.717, 1.165) is 29.2 Å². The predicted molar refractivity (Wildman–Crippen MR) is 83.9 cm³/mol. The second kappa shape index (κ2) is 5.88. The fourth-order valence-electron chi connectivity index (χ4n) is 3.29. The molecule has 1 aliphatic carbocycles. The van der Waals surface area contributed by atoms with Gasteiger partial charge < -0.3 is 5.32 Å². The number of anilines is 1. The fourth-order valence-corrected chi connectivity index (χ4v) is 3.90. The Bertz CT molecular complexity index is 661. The molecule has 2 atom stereocenters. The van der Waals surface area contributed by atoms with E-state index in [1.807, 2.05) is 6.92 Å². The topological polar surface area (TPSA) is 104 Å². The van der Waals surface area contributed by atoms with Gasteiger partial charge in [0.15, 0.2) is 0 Å². The Morgan fingerprint density at radius 1 is 1.43 bits per heavy atom. The summed E-state index contributed by atoms with van der Waals surface area (Å²) in [7, 11) is 0. The minimum atomic E-state index is -0.838. The monoisotopic (exact) mass is 337 g/mol. The molecule has 8 nitrogen and oxygen atoms in total. The van der Waals surface area contributed by atoms with E-state index in [1.54, 1.807) is 6.92 Å². The van der Waals surface area contributed by atoms with E-state index in [0.29, 0.717) is 11.6 Å².